The van der Waals surface area contributed by atoms with Crippen LogP contribution in [0.25, 0.3) is 11.1 Å². The summed E-state index contributed by atoms with van der Waals surface area (Å²) in [6.45, 7) is 1.45. The normalized spacial score (nSPS) is 20.3. The summed E-state index contributed by atoms with van der Waals surface area (Å²) in [5.41, 5.74) is 4.23. The first-order chi connectivity index (χ1) is 16.7. The van der Waals surface area contributed by atoms with Crippen molar-refractivity contribution in [3.05, 3.63) is 59.7 Å². The number of carbonyl (C=O) groups is 3. The number of ether oxygens (including phenoxy) is 1. The van der Waals surface area contributed by atoms with Crippen LogP contribution in [0.5, 0.6) is 0 Å². The number of amides is 2. The molecular formula is C26H28F2N2O5. The van der Waals surface area contributed by atoms with Gasteiger partial charge < -0.3 is 20.5 Å². The van der Waals surface area contributed by atoms with E-state index in [1.54, 1.807) is 0 Å². The lowest BCUT2D eigenvalue weighted by Crippen LogP contribution is -2.38. The molecule has 9 heteroatoms. The Hall–Kier alpha value is -3.49. The molecule has 186 valence electrons. The van der Waals surface area contributed by atoms with Crippen molar-refractivity contribution in [2.24, 2.45) is 11.8 Å². The van der Waals surface area contributed by atoms with Crippen molar-refractivity contribution in [1.29, 1.82) is 0 Å². The van der Waals surface area contributed by atoms with E-state index in [4.69, 9.17) is 9.84 Å². The van der Waals surface area contributed by atoms with E-state index in [0.717, 1.165) is 22.3 Å². The Morgan fingerprint density at radius 3 is 2.23 bits per heavy atom. The number of alkyl halides is 2. The molecule has 3 atom stereocenters. The molecular weight excluding hydrogens is 458 g/mol. The van der Waals surface area contributed by atoms with Crippen LogP contribution in [0.4, 0.5) is 13.6 Å². The second-order valence-electron chi connectivity index (χ2n) is 9.06. The van der Waals surface area contributed by atoms with Gasteiger partial charge >= 0.3 is 12.1 Å². The zero-order valence-corrected chi connectivity index (χ0v) is 19.3. The third-order valence-corrected chi connectivity index (χ3v) is 6.70. The number of nitrogens with one attached hydrogen (secondary N) is 2. The second kappa shape index (κ2) is 10.0. The van der Waals surface area contributed by atoms with Crippen molar-refractivity contribution in [2.75, 3.05) is 13.2 Å². The van der Waals surface area contributed by atoms with Crippen LogP contribution in [0.3, 0.4) is 0 Å². The number of carboxylic acid groups (broad SMARTS) is 1. The van der Waals surface area contributed by atoms with Gasteiger partial charge in [-0.3, -0.25) is 9.59 Å². The summed E-state index contributed by atoms with van der Waals surface area (Å²) in [5, 5.41) is 13.7. The Morgan fingerprint density at radius 2 is 1.66 bits per heavy atom. The summed E-state index contributed by atoms with van der Waals surface area (Å²) in [6.07, 6.45) is -0.186. The summed E-state index contributed by atoms with van der Waals surface area (Å²) in [6, 6.07) is 15.0. The van der Waals surface area contributed by atoms with Crippen LogP contribution in [-0.4, -0.2) is 48.2 Å². The molecule has 0 bridgehead atoms. The molecule has 35 heavy (non-hydrogen) atoms. The quantitative estimate of drug-likeness (QED) is 0.468. The van der Waals surface area contributed by atoms with Gasteiger partial charge in [0.15, 0.2) is 0 Å². The molecule has 1 fully saturated rings. The van der Waals surface area contributed by atoms with Gasteiger partial charge in [0.05, 0.1) is 12.3 Å². The molecule has 2 aliphatic rings. The third kappa shape index (κ3) is 5.13. The van der Waals surface area contributed by atoms with E-state index in [1.165, 1.54) is 0 Å². The van der Waals surface area contributed by atoms with Gasteiger partial charge in [0.1, 0.15) is 12.5 Å². The standard InChI is InChI=1S/C26H28F2N2O5/c1-2-7-15(12-22(31)32)30-24(33)23-21(26(23,27)28)13-29-25(34)35-14-20-18-10-5-3-8-16(18)17-9-4-6-11-19(17)20/h3-6,8-11,15,20-21,23H,2,7,12-14H2,1H3,(H,29,34)(H,30,33)(H,31,32)/t15-,21?,23?/m1/s1. The predicted octanol–water partition coefficient (Wildman–Crippen LogP) is 4.17. The largest absolute Gasteiger partial charge is 0.481 e. The van der Waals surface area contributed by atoms with Gasteiger partial charge in [-0.05, 0) is 28.7 Å². The van der Waals surface area contributed by atoms with Crippen molar-refractivity contribution >= 4 is 18.0 Å². The molecule has 2 unspecified atom stereocenters. The fraction of sp³-hybridized carbons (Fsp3) is 0.423. The Bertz CT molecular complexity index is 1080. The number of halogens is 2. The van der Waals surface area contributed by atoms with Crippen molar-refractivity contribution in [3.63, 3.8) is 0 Å². The fourth-order valence-corrected chi connectivity index (χ4v) is 4.92. The van der Waals surface area contributed by atoms with Gasteiger partial charge in [-0.15, -0.1) is 0 Å². The van der Waals surface area contributed by atoms with E-state index in [9.17, 15) is 23.2 Å². The molecule has 2 aromatic rings. The summed E-state index contributed by atoms with van der Waals surface area (Å²) in [7, 11) is 0. The summed E-state index contributed by atoms with van der Waals surface area (Å²) < 4.78 is 33.9. The van der Waals surface area contributed by atoms with Crippen LogP contribution in [-0.2, 0) is 14.3 Å². The number of rotatable bonds is 10. The van der Waals surface area contributed by atoms with Crippen molar-refractivity contribution in [1.82, 2.24) is 10.6 Å². The lowest BCUT2D eigenvalue weighted by Gasteiger charge is -2.16. The Labute approximate surface area is 201 Å². The lowest BCUT2D eigenvalue weighted by atomic mass is 9.98. The maximum Gasteiger partial charge on any atom is 0.407 e. The smallest absolute Gasteiger partial charge is 0.407 e. The highest BCUT2D eigenvalue weighted by atomic mass is 19.3. The number of carboxylic acids is 1. The molecule has 0 spiro atoms. The molecule has 4 rings (SSSR count). The molecule has 0 saturated heterocycles. The number of benzene rings is 2. The Balaban J connectivity index is 1.30. The third-order valence-electron chi connectivity index (χ3n) is 6.70. The first kappa shape index (κ1) is 24.6. The number of hydrogen-bond donors (Lipinski definition) is 3. The number of aliphatic carboxylic acids is 1. The summed E-state index contributed by atoms with van der Waals surface area (Å²) >= 11 is 0. The molecule has 0 heterocycles. The minimum absolute atomic E-state index is 0.0543. The van der Waals surface area contributed by atoms with Crippen LogP contribution in [0.2, 0.25) is 0 Å². The average molecular weight is 487 g/mol. The highest BCUT2D eigenvalue weighted by Crippen LogP contribution is 2.55. The number of carbonyl (C=O) groups excluding carboxylic acids is 2. The topological polar surface area (TPSA) is 105 Å². The molecule has 1 saturated carbocycles. The SMILES string of the molecule is CCC[C@H](CC(=O)O)NC(=O)C1C(CNC(=O)OCC2c3ccccc3-c3ccccc32)C1(F)F. The monoisotopic (exact) mass is 486 g/mol. The van der Waals surface area contributed by atoms with Gasteiger partial charge in [-0.25, -0.2) is 13.6 Å². The van der Waals surface area contributed by atoms with E-state index in [0.29, 0.717) is 12.8 Å². The number of hydrogen-bond acceptors (Lipinski definition) is 4. The fourth-order valence-electron chi connectivity index (χ4n) is 4.92. The summed E-state index contributed by atoms with van der Waals surface area (Å²) in [5.74, 6) is -8.41. The highest BCUT2D eigenvalue weighted by molar-refractivity contribution is 5.84. The molecule has 2 aliphatic carbocycles. The van der Waals surface area contributed by atoms with Crippen molar-refractivity contribution < 1.29 is 33.0 Å². The molecule has 3 N–H and O–H groups in total. The Morgan fingerprint density at radius 1 is 1.06 bits per heavy atom. The minimum Gasteiger partial charge on any atom is -0.481 e. The van der Waals surface area contributed by atoms with Crippen LogP contribution < -0.4 is 10.6 Å². The molecule has 0 aromatic heterocycles. The number of alkyl carbamates (subject to hydrolysis) is 1. The second-order valence-corrected chi connectivity index (χ2v) is 9.06. The van der Waals surface area contributed by atoms with E-state index in [-0.39, 0.29) is 18.9 Å². The summed E-state index contributed by atoms with van der Waals surface area (Å²) in [4.78, 5) is 35.6. The van der Waals surface area contributed by atoms with E-state index >= 15 is 0 Å². The van der Waals surface area contributed by atoms with Gasteiger partial charge in [0.2, 0.25) is 5.91 Å². The van der Waals surface area contributed by atoms with E-state index in [2.05, 4.69) is 10.6 Å². The van der Waals surface area contributed by atoms with Gasteiger partial charge in [-0.2, -0.15) is 0 Å². The molecule has 0 aliphatic heterocycles. The molecule has 7 nitrogen and oxygen atoms in total. The maximum absolute atomic E-state index is 14.3. The van der Waals surface area contributed by atoms with E-state index < -0.39 is 48.3 Å². The Kier molecular flexibility index (Phi) is 7.05. The van der Waals surface area contributed by atoms with Crippen molar-refractivity contribution in [2.45, 2.75) is 44.1 Å². The zero-order chi connectivity index (χ0) is 25.2. The van der Waals surface area contributed by atoms with E-state index in [1.807, 2.05) is 55.5 Å². The maximum atomic E-state index is 14.3. The zero-order valence-electron chi connectivity index (χ0n) is 19.3. The first-order valence-electron chi connectivity index (χ1n) is 11.7. The lowest BCUT2D eigenvalue weighted by molar-refractivity contribution is -0.137. The van der Waals surface area contributed by atoms with Crippen LogP contribution in [0, 0.1) is 11.8 Å². The predicted molar refractivity (Wildman–Crippen MR) is 124 cm³/mol. The van der Waals surface area contributed by atoms with Crippen LogP contribution in [0.1, 0.15) is 43.2 Å². The van der Waals surface area contributed by atoms with Crippen LogP contribution in [0.15, 0.2) is 48.5 Å². The minimum atomic E-state index is -3.28. The molecule has 0 radical (unpaired) electrons. The van der Waals surface area contributed by atoms with Crippen LogP contribution >= 0.6 is 0 Å². The number of fused-ring (bicyclic) bond motifs is 3. The highest BCUT2D eigenvalue weighted by Gasteiger charge is 2.71. The van der Waals surface area contributed by atoms with Gasteiger partial charge in [0, 0.05) is 18.5 Å². The van der Waals surface area contributed by atoms with Crippen molar-refractivity contribution in [3.8, 4) is 11.1 Å². The molecule has 2 aromatic carbocycles. The molecule has 2 amide bonds. The van der Waals surface area contributed by atoms with Gasteiger partial charge in [-0.1, -0.05) is 61.9 Å². The first-order valence-corrected chi connectivity index (χ1v) is 11.7. The van der Waals surface area contributed by atoms with Gasteiger partial charge in [0.25, 0.3) is 5.92 Å². The average Bonchev–Trinajstić information content (AvgIpc) is 3.22.